The second kappa shape index (κ2) is 5.43. The number of halogens is 1. The molecular weight excluding hydrogens is 275 g/mol. The number of aromatic nitrogens is 2. The second-order valence-electron chi connectivity index (χ2n) is 4.90. The summed E-state index contributed by atoms with van der Waals surface area (Å²) in [7, 11) is 0. The molecule has 0 aliphatic carbocycles. The van der Waals surface area contributed by atoms with Crippen LogP contribution in [0.15, 0.2) is 36.7 Å². The Kier molecular flexibility index (Phi) is 3.47. The lowest BCUT2D eigenvalue weighted by atomic mass is 10.0. The van der Waals surface area contributed by atoms with Gasteiger partial charge in [-0.25, -0.2) is 14.4 Å². The van der Waals surface area contributed by atoms with Gasteiger partial charge in [0.1, 0.15) is 18.2 Å². The van der Waals surface area contributed by atoms with Gasteiger partial charge < -0.3 is 4.90 Å². The van der Waals surface area contributed by atoms with Crippen LogP contribution in [0.4, 0.5) is 16.0 Å². The van der Waals surface area contributed by atoms with E-state index in [0.29, 0.717) is 5.95 Å². The number of hydrogen-bond acceptors (Lipinski definition) is 5. The molecule has 0 amide bonds. The highest BCUT2D eigenvalue weighted by Crippen LogP contribution is 2.34. The van der Waals surface area contributed by atoms with Crippen LogP contribution in [0.25, 0.3) is 0 Å². The van der Waals surface area contributed by atoms with Crippen molar-refractivity contribution in [2.45, 2.75) is 18.9 Å². The van der Waals surface area contributed by atoms with E-state index in [-0.39, 0.29) is 17.5 Å². The molecule has 1 aliphatic heterocycles. The summed E-state index contributed by atoms with van der Waals surface area (Å²) in [6, 6.07) is 6.47. The van der Waals surface area contributed by atoms with E-state index < -0.39 is 4.92 Å². The monoisotopic (exact) mass is 288 g/mol. The van der Waals surface area contributed by atoms with E-state index in [9.17, 15) is 14.5 Å². The van der Waals surface area contributed by atoms with Crippen molar-refractivity contribution in [3.05, 3.63) is 58.2 Å². The van der Waals surface area contributed by atoms with Crippen LogP contribution in [0.1, 0.15) is 24.4 Å². The molecule has 1 saturated heterocycles. The minimum absolute atomic E-state index is 0.00200. The Balaban J connectivity index is 1.88. The first-order valence-corrected chi connectivity index (χ1v) is 6.64. The fourth-order valence-corrected chi connectivity index (χ4v) is 2.62. The fourth-order valence-electron chi connectivity index (χ4n) is 2.62. The molecule has 2 heterocycles. The maximum Gasteiger partial charge on any atom is 0.305 e. The zero-order chi connectivity index (χ0) is 14.8. The maximum absolute atomic E-state index is 13.4. The molecule has 7 heteroatoms. The molecule has 0 spiro atoms. The van der Waals surface area contributed by atoms with Crippen molar-refractivity contribution < 1.29 is 9.31 Å². The summed E-state index contributed by atoms with van der Waals surface area (Å²) in [6.07, 6.45) is 4.22. The highest BCUT2D eigenvalue weighted by Gasteiger charge is 2.28. The van der Waals surface area contributed by atoms with E-state index >= 15 is 0 Å². The van der Waals surface area contributed by atoms with Gasteiger partial charge in [-0.3, -0.25) is 10.1 Å². The maximum atomic E-state index is 13.4. The van der Waals surface area contributed by atoms with Crippen molar-refractivity contribution >= 4 is 11.6 Å². The summed E-state index contributed by atoms with van der Waals surface area (Å²) in [5.41, 5.74) is 0.731. The van der Waals surface area contributed by atoms with Gasteiger partial charge in [-0.2, -0.15) is 0 Å². The highest BCUT2D eigenvalue weighted by atomic mass is 19.1. The molecule has 1 aliphatic rings. The Hall–Kier alpha value is -2.57. The van der Waals surface area contributed by atoms with E-state index in [1.165, 1.54) is 24.5 Å². The van der Waals surface area contributed by atoms with E-state index in [4.69, 9.17) is 0 Å². The van der Waals surface area contributed by atoms with Crippen LogP contribution in [-0.4, -0.2) is 21.4 Å². The first-order chi connectivity index (χ1) is 10.1. The van der Waals surface area contributed by atoms with Crippen LogP contribution in [0, 0.1) is 15.9 Å². The highest BCUT2D eigenvalue weighted by molar-refractivity contribution is 5.40. The first kappa shape index (κ1) is 13.4. The molecule has 1 atom stereocenters. The number of benzene rings is 1. The molecule has 6 nitrogen and oxygen atoms in total. The fraction of sp³-hybridized carbons (Fsp3) is 0.286. The molecule has 0 radical (unpaired) electrons. The van der Waals surface area contributed by atoms with Gasteiger partial charge in [-0.05, 0) is 30.5 Å². The zero-order valence-corrected chi connectivity index (χ0v) is 11.1. The summed E-state index contributed by atoms with van der Waals surface area (Å²) < 4.78 is 13.4. The molecule has 108 valence electrons. The topological polar surface area (TPSA) is 72.2 Å². The van der Waals surface area contributed by atoms with Gasteiger partial charge >= 0.3 is 5.69 Å². The van der Waals surface area contributed by atoms with Gasteiger partial charge in [0.25, 0.3) is 0 Å². The van der Waals surface area contributed by atoms with Crippen LogP contribution >= 0.6 is 0 Å². The molecule has 2 aromatic rings. The predicted octanol–water partition coefficient (Wildman–Crippen LogP) is 2.87. The van der Waals surface area contributed by atoms with Crippen molar-refractivity contribution in [1.82, 2.24) is 9.97 Å². The third kappa shape index (κ3) is 2.67. The van der Waals surface area contributed by atoms with Crippen LogP contribution in [0.3, 0.4) is 0 Å². The standard InChI is InChI=1S/C14H13FN4O2/c15-11-4-1-3-10(7-11)13-5-2-6-18(13)14-16-8-12(9-17-14)19(20)21/h1,3-4,7-9,13H,2,5-6H2/t13-/m1/s1. The molecule has 0 bridgehead atoms. The lowest BCUT2D eigenvalue weighted by molar-refractivity contribution is -0.385. The molecular formula is C14H13FN4O2. The first-order valence-electron chi connectivity index (χ1n) is 6.64. The summed E-state index contributed by atoms with van der Waals surface area (Å²) in [5, 5.41) is 10.6. The second-order valence-corrected chi connectivity index (χ2v) is 4.90. The molecule has 1 fully saturated rings. The summed E-state index contributed by atoms with van der Waals surface area (Å²) in [4.78, 5) is 20.2. The van der Waals surface area contributed by atoms with Crippen molar-refractivity contribution in [2.75, 3.05) is 11.4 Å². The Morgan fingerprint density at radius 1 is 1.33 bits per heavy atom. The molecule has 1 aromatic carbocycles. The van der Waals surface area contributed by atoms with Crippen LogP contribution in [-0.2, 0) is 0 Å². The van der Waals surface area contributed by atoms with Crippen molar-refractivity contribution in [3.8, 4) is 0 Å². The largest absolute Gasteiger partial charge is 0.334 e. The van der Waals surface area contributed by atoms with Gasteiger partial charge in [-0.1, -0.05) is 12.1 Å². The Morgan fingerprint density at radius 2 is 2.10 bits per heavy atom. The summed E-state index contributed by atoms with van der Waals surface area (Å²) in [6.45, 7) is 0.749. The Morgan fingerprint density at radius 3 is 2.76 bits per heavy atom. The van der Waals surface area contributed by atoms with Gasteiger partial charge in [-0.15, -0.1) is 0 Å². The minimum Gasteiger partial charge on any atom is -0.334 e. The van der Waals surface area contributed by atoms with Crippen LogP contribution < -0.4 is 4.90 Å². The van der Waals surface area contributed by atoms with E-state index in [1.54, 1.807) is 6.07 Å². The number of nitro groups is 1. The molecule has 21 heavy (non-hydrogen) atoms. The van der Waals surface area contributed by atoms with E-state index in [0.717, 1.165) is 24.9 Å². The molecule has 1 aromatic heterocycles. The average Bonchev–Trinajstić information content (AvgIpc) is 2.97. The van der Waals surface area contributed by atoms with Crippen molar-refractivity contribution in [1.29, 1.82) is 0 Å². The number of rotatable bonds is 3. The molecule has 0 saturated carbocycles. The van der Waals surface area contributed by atoms with Crippen molar-refractivity contribution in [3.63, 3.8) is 0 Å². The average molecular weight is 288 g/mol. The Bertz CT molecular complexity index is 662. The third-order valence-corrected chi connectivity index (χ3v) is 3.58. The van der Waals surface area contributed by atoms with Gasteiger partial charge in [0.15, 0.2) is 0 Å². The Labute approximate surface area is 120 Å². The predicted molar refractivity (Wildman–Crippen MR) is 74.4 cm³/mol. The SMILES string of the molecule is O=[N+]([O-])c1cnc(N2CCC[C@@H]2c2cccc(F)c2)nc1. The van der Waals surface area contributed by atoms with Gasteiger partial charge in [0.2, 0.25) is 5.95 Å². The molecule has 3 rings (SSSR count). The zero-order valence-electron chi connectivity index (χ0n) is 11.1. The quantitative estimate of drug-likeness (QED) is 0.641. The molecule has 0 unspecified atom stereocenters. The number of hydrogen-bond donors (Lipinski definition) is 0. The van der Waals surface area contributed by atoms with E-state index in [1.807, 2.05) is 11.0 Å². The number of nitrogens with zero attached hydrogens (tertiary/aromatic N) is 4. The minimum atomic E-state index is -0.530. The van der Waals surface area contributed by atoms with Gasteiger partial charge in [0.05, 0.1) is 11.0 Å². The lowest BCUT2D eigenvalue weighted by Crippen LogP contribution is -2.24. The summed E-state index contributed by atoms with van der Waals surface area (Å²) >= 11 is 0. The smallest absolute Gasteiger partial charge is 0.305 e. The normalized spacial score (nSPS) is 18.0. The van der Waals surface area contributed by atoms with Crippen LogP contribution in [0.2, 0.25) is 0 Å². The van der Waals surface area contributed by atoms with Gasteiger partial charge in [0, 0.05) is 6.54 Å². The summed E-state index contributed by atoms with van der Waals surface area (Å²) in [5.74, 6) is 0.163. The lowest BCUT2D eigenvalue weighted by Gasteiger charge is -2.24. The number of anilines is 1. The van der Waals surface area contributed by atoms with Crippen LogP contribution in [0.5, 0.6) is 0 Å². The van der Waals surface area contributed by atoms with E-state index in [2.05, 4.69) is 9.97 Å². The van der Waals surface area contributed by atoms with Crippen molar-refractivity contribution in [2.24, 2.45) is 0 Å². The molecule has 0 N–H and O–H groups in total. The third-order valence-electron chi connectivity index (χ3n) is 3.58.